The maximum atomic E-state index is 12.4. The SMILES string of the molecule is COc1ccccc1CC(=O)NCC1CCC(c2nn(C)cc2-c2cc(C)no2)CC1. The number of aromatic nitrogens is 3. The second-order valence-corrected chi connectivity index (χ2v) is 8.44. The molecule has 0 spiro atoms. The number of amides is 1. The van der Waals surface area contributed by atoms with E-state index in [4.69, 9.17) is 14.4 Å². The lowest BCUT2D eigenvalue weighted by Gasteiger charge is -2.28. The highest BCUT2D eigenvalue weighted by atomic mass is 16.5. The predicted octanol–water partition coefficient (Wildman–Crippen LogP) is 4.02. The van der Waals surface area contributed by atoms with Gasteiger partial charge in [0.1, 0.15) is 5.75 Å². The highest BCUT2D eigenvalue weighted by Crippen LogP contribution is 2.39. The quantitative estimate of drug-likeness (QED) is 0.622. The van der Waals surface area contributed by atoms with E-state index in [0.29, 0.717) is 18.3 Å². The summed E-state index contributed by atoms with van der Waals surface area (Å²) in [4.78, 5) is 12.4. The Morgan fingerprint density at radius 1 is 1.26 bits per heavy atom. The lowest BCUT2D eigenvalue weighted by atomic mass is 9.79. The summed E-state index contributed by atoms with van der Waals surface area (Å²) < 4.78 is 12.7. The standard InChI is InChI=1S/C24H30N4O3/c1-16-12-22(31-27-16)20-15-28(2)26-24(20)18-10-8-17(9-11-18)14-25-23(29)13-19-6-4-5-7-21(19)30-3/h4-7,12,15,17-18H,8-11,13-14H2,1-3H3,(H,25,29). The van der Waals surface area contributed by atoms with Crippen molar-refractivity contribution in [2.45, 2.75) is 44.9 Å². The number of aryl methyl sites for hydroxylation is 2. The molecule has 2 aromatic heterocycles. The fraction of sp³-hybridized carbons (Fsp3) is 0.458. The fourth-order valence-corrected chi connectivity index (χ4v) is 4.47. The summed E-state index contributed by atoms with van der Waals surface area (Å²) in [6.07, 6.45) is 6.62. The molecule has 3 aromatic rings. The molecular formula is C24H30N4O3. The zero-order valence-electron chi connectivity index (χ0n) is 18.4. The van der Waals surface area contributed by atoms with E-state index in [1.165, 1.54) is 0 Å². The smallest absolute Gasteiger partial charge is 0.224 e. The third kappa shape index (κ3) is 4.98. The normalized spacial score (nSPS) is 18.7. The van der Waals surface area contributed by atoms with Gasteiger partial charge in [0.25, 0.3) is 0 Å². The van der Waals surface area contributed by atoms with E-state index < -0.39 is 0 Å². The van der Waals surface area contributed by atoms with Gasteiger partial charge in [-0.25, -0.2) is 0 Å². The van der Waals surface area contributed by atoms with Gasteiger partial charge in [-0.3, -0.25) is 9.48 Å². The van der Waals surface area contributed by atoms with Crippen LogP contribution in [0.4, 0.5) is 0 Å². The van der Waals surface area contributed by atoms with Crippen LogP contribution in [0.3, 0.4) is 0 Å². The molecular weight excluding hydrogens is 392 g/mol. The number of hydrogen-bond acceptors (Lipinski definition) is 5. The molecule has 1 fully saturated rings. The van der Waals surface area contributed by atoms with Crippen molar-refractivity contribution in [1.82, 2.24) is 20.3 Å². The average Bonchev–Trinajstić information content (AvgIpc) is 3.38. The van der Waals surface area contributed by atoms with Crippen molar-refractivity contribution < 1.29 is 14.1 Å². The molecule has 0 saturated heterocycles. The van der Waals surface area contributed by atoms with E-state index in [9.17, 15) is 4.79 Å². The third-order valence-corrected chi connectivity index (χ3v) is 6.12. The topological polar surface area (TPSA) is 82.2 Å². The number of para-hydroxylation sites is 1. The number of rotatable bonds is 7. The Balaban J connectivity index is 1.30. The van der Waals surface area contributed by atoms with Crippen LogP contribution in [0.5, 0.6) is 5.75 Å². The van der Waals surface area contributed by atoms with Crippen molar-refractivity contribution in [3.8, 4) is 17.1 Å². The van der Waals surface area contributed by atoms with E-state index in [-0.39, 0.29) is 5.91 Å². The van der Waals surface area contributed by atoms with Crippen molar-refractivity contribution in [2.75, 3.05) is 13.7 Å². The zero-order valence-corrected chi connectivity index (χ0v) is 18.4. The summed E-state index contributed by atoms with van der Waals surface area (Å²) >= 11 is 0. The Bertz CT molecular complexity index is 1030. The number of hydrogen-bond donors (Lipinski definition) is 1. The summed E-state index contributed by atoms with van der Waals surface area (Å²) in [6.45, 7) is 2.65. The van der Waals surface area contributed by atoms with Gasteiger partial charge in [-0.1, -0.05) is 23.4 Å². The van der Waals surface area contributed by atoms with Crippen molar-refractivity contribution in [3.63, 3.8) is 0 Å². The molecule has 0 atom stereocenters. The van der Waals surface area contributed by atoms with Crippen LogP contribution in [-0.2, 0) is 18.3 Å². The average molecular weight is 423 g/mol. The van der Waals surface area contributed by atoms with Gasteiger partial charge < -0.3 is 14.6 Å². The molecule has 164 valence electrons. The number of nitrogens with one attached hydrogen (secondary N) is 1. The van der Waals surface area contributed by atoms with E-state index >= 15 is 0 Å². The van der Waals surface area contributed by atoms with Gasteiger partial charge in [-0.15, -0.1) is 0 Å². The lowest BCUT2D eigenvalue weighted by Crippen LogP contribution is -2.32. The minimum absolute atomic E-state index is 0.0410. The largest absolute Gasteiger partial charge is 0.496 e. The molecule has 0 unspecified atom stereocenters. The Morgan fingerprint density at radius 2 is 2.03 bits per heavy atom. The van der Waals surface area contributed by atoms with Gasteiger partial charge in [0, 0.05) is 37.3 Å². The molecule has 31 heavy (non-hydrogen) atoms. The van der Waals surface area contributed by atoms with E-state index in [0.717, 1.165) is 66.3 Å². The summed E-state index contributed by atoms with van der Waals surface area (Å²) in [5, 5.41) is 11.9. The lowest BCUT2D eigenvalue weighted by molar-refractivity contribution is -0.120. The molecule has 1 aliphatic rings. The fourth-order valence-electron chi connectivity index (χ4n) is 4.47. The molecule has 1 aliphatic carbocycles. The minimum atomic E-state index is 0.0410. The van der Waals surface area contributed by atoms with Crippen LogP contribution in [0.2, 0.25) is 0 Å². The minimum Gasteiger partial charge on any atom is -0.496 e. The molecule has 1 aromatic carbocycles. The van der Waals surface area contributed by atoms with Crippen LogP contribution in [0, 0.1) is 12.8 Å². The Hall–Kier alpha value is -3.09. The molecule has 4 rings (SSSR count). The zero-order chi connectivity index (χ0) is 21.8. The first-order valence-electron chi connectivity index (χ1n) is 10.9. The van der Waals surface area contributed by atoms with Crippen molar-refractivity contribution in [1.29, 1.82) is 0 Å². The second-order valence-electron chi connectivity index (χ2n) is 8.44. The Kier molecular flexibility index (Phi) is 6.39. The monoisotopic (exact) mass is 422 g/mol. The van der Waals surface area contributed by atoms with Crippen LogP contribution in [0.25, 0.3) is 11.3 Å². The van der Waals surface area contributed by atoms with Gasteiger partial charge in [-0.2, -0.15) is 5.10 Å². The molecule has 7 nitrogen and oxygen atoms in total. The Labute approximate surface area is 182 Å². The van der Waals surface area contributed by atoms with Crippen LogP contribution in [0.1, 0.15) is 48.6 Å². The first kappa shape index (κ1) is 21.2. The van der Waals surface area contributed by atoms with Gasteiger partial charge in [0.15, 0.2) is 5.76 Å². The molecule has 1 amide bonds. The number of carbonyl (C=O) groups is 1. The van der Waals surface area contributed by atoms with E-state index in [1.54, 1.807) is 7.11 Å². The maximum Gasteiger partial charge on any atom is 0.224 e. The van der Waals surface area contributed by atoms with E-state index in [1.807, 2.05) is 55.2 Å². The number of benzene rings is 1. The number of carbonyl (C=O) groups excluding carboxylic acids is 1. The van der Waals surface area contributed by atoms with Crippen LogP contribution in [0.15, 0.2) is 41.1 Å². The van der Waals surface area contributed by atoms with Crippen LogP contribution >= 0.6 is 0 Å². The summed E-state index contributed by atoms with van der Waals surface area (Å²) in [5.41, 5.74) is 3.92. The van der Waals surface area contributed by atoms with Gasteiger partial charge in [-0.05, 0) is 44.6 Å². The van der Waals surface area contributed by atoms with Gasteiger partial charge in [0.2, 0.25) is 5.91 Å². The van der Waals surface area contributed by atoms with Gasteiger partial charge >= 0.3 is 0 Å². The van der Waals surface area contributed by atoms with Crippen molar-refractivity contribution in [3.05, 3.63) is 53.5 Å². The summed E-state index contributed by atoms with van der Waals surface area (Å²) in [6, 6.07) is 9.62. The molecule has 0 bridgehead atoms. The molecule has 1 N–H and O–H groups in total. The molecule has 7 heteroatoms. The van der Waals surface area contributed by atoms with Gasteiger partial charge in [0.05, 0.1) is 30.5 Å². The van der Waals surface area contributed by atoms with E-state index in [2.05, 4.69) is 10.5 Å². The number of methoxy groups -OCH3 is 1. The molecule has 2 heterocycles. The maximum absolute atomic E-state index is 12.4. The number of nitrogens with zero attached hydrogens (tertiary/aromatic N) is 3. The highest BCUT2D eigenvalue weighted by Gasteiger charge is 2.28. The Morgan fingerprint density at radius 3 is 2.74 bits per heavy atom. The summed E-state index contributed by atoms with van der Waals surface area (Å²) in [7, 11) is 3.57. The first-order valence-corrected chi connectivity index (χ1v) is 10.9. The van der Waals surface area contributed by atoms with Crippen LogP contribution < -0.4 is 10.1 Å². The summed E-state index contributed by atoms with van der Waals surface area (Å²) in [5.74, 6) is 2.48. The molecule has 0 aliphatic heterocycles. The molecule has 1 saturated carbocycles. The predicted molar refractivity (Wildman–Crippen MR) is 118 cm³/mol. The van der Waals surface area contributed by atoms with Crippen molar-refractivity contribution in [2.24, 2.45) is 13.0 Å². The van der Waals surface area contributed by atoms with Crippen molar-refractivity contribution >= 4 is 5.91 Å². The first-order chi connectivity index (χ1) is 15.0. The molecule has 0 radical (unpaired) electrons. The number of ether oxygens (including phenoxy) is 1. The van der Waals surface area contributed by atoms with Crippen LogP contribution in [-0.4, -0.2) is 34.5 Å². The third-order valence-electron chi connectivity index (χ3n) is 6.12. The highest BCUT2D eigenvalue weighted by molar-refractivity contribution is 5.79. The second kappa shape index (κ2) is 9.37.